The van der Waals surface area contributed by atoms with Crippen molar-refractivity contribution in [3.63, 3.8) is 0 Å². The molecule has 0 aliphatic heterocycles. The first-order valence-electron chi connectivity index (χ1n) is 6.02. The van der Waals surface area contributed by atoms with Gasteiger partial charge >= 0.3 is 0 Å². The molecule has 2 aromatic heterocycles. The number of hydrogen-bond acceptors (Lipinski definition) is 4. The average molecular weight is 254 g/mol. The molecule has 0 amide bonds. The molecule has 0 aliphatic rings. The van der Waals surface area contributed by atoms with E-state index in [-0.39, 0.29) is 0 Å². The van der Waals surface area contributed by atoms with E-state index in [9.17, 15) is 0 Å². The Balaban J connectivity index is 1.76. The second-order valence-electron chi connectivity index (χ2n) is 4.26. The summed E-state index contributed by atoms with van der Waals surface area (Å²) in [6.07, 6.45) is 3.47. The number of nitrogens with one attached hydrogen (secondary N) is 3. The molecule has 3 aromatic rings. The first kappa shape index (κ1) is 11.5. The summed E-state index contributed by atoms with van der Waals surface area (Å²) in [6, 6.07) is 8.01. The highest BCUT2D eigenvalue weighted by molar-refractivity contribution is 5.62. The van der Waals surface area contributed by atoms with Crippen LogP contribution in [0.4, 0.5) is 5.69 Å². The van der Waals surface area contributed by atoms with Crippen molar-refractivity contribution in [1.29, 1.82) is 0 Å². The molecule has 0 saturated heterocycles. The Morgan fingerprint density at radius 1 is 1.32 bits per heavy atom. The van der Waals surface area contributed by atoms with Gasteiger partial charge in [-0.25, -0.2) is 9.97 Å². The predicted octanol–water partition coefficient (Wildman–Crippen LogP) is 2.12. The van der Waals surface area contributed by atoms with Gasteiger partial charge in [-0.2, -0.15) is 5.10 Å². The van der Waals surface area contributed by atoms with Crippen LogP contribution in [0.1, 0.15) is 11.5 Å². The van der Waals surface area contributed by atoms with Gasteiger partial charge in [-0.15, -0.1) is 0 Å². The number of H-pyrrole nitrogens is 2. The molecular formula is C13H14N6. The molecule has 96 valence electrons. The lowest BCUT2D eigenvalue weighted by molar-refractivity contribution is 1.04. The van der Waals surface area contributed by atoms with Gasteiger partial charge < -0.3 is 10.3 Å². The third kappa shape index (κ3) is 2.62. The Kier molecular flexibility index (Phi) is 2.97. The lowest BCUT2D eigenvalue weighted by atomic mass is 10.2. The normalized spacial score (nSPS) is 10.6. The van der Waals surface area contributed by atoms with E-state index in [0.717, 1.165) is 22.8 Å². The zero-order valence-corrected chi connectivity index (χ0v) is 10.5. The largest absolute Gasteiger partial charge is 0.379 e. The summed E-state index contributed by atoms with van der Waals surface area (Å²) < 4.78 is 0. The van der Waals surface area contributed by atoms with Gasteiger partial charge in [0.2, 0.25) is 0 Å². The summed E-state index contributed by atoms with van der Waals surface area (Å²) in [7, 11) is 0. The number of aryl methyl sites for hydroxylation is 1. The predicted molar refractivity (Wildman–Crippen MR) is 72.5 cm³/mol. The van der Waals surface area contributed by atoms with E-state index in [4.69, 9.17) is 0 Å². The Labute approximate surface area is 110 Å². The molecule has 0 saturated carbocycles. The second-order valence-corrected chi connectivity index (χ2v) is 4.26. The first-order valence-corrected chi connectivity index (χ1v) is 6.02. The van der Waals surface area contributed by atoms with E-state index in [2.05, 4.69) is 30.5 Å². The highest BCUT2D eigenvalue weighted by Gasteiger charge is 2.04. The van der Waals surface area contributed by atoms with Crippen LogP contribution in [0.5, 0.6) is 0 Å². The van der Waals surface area contributed by atoms with Gasteiger partial charge in [0.15, 0.2) is 5.82 Å². The van der Waals surface area contributed by atoms with Gasteiger partial charge in [0.1, 0.15) is 5.82 Å². The lowest BCUT2D eigenvalue weighted by Gasteiger charge is -2.05. The minimum atomic E-state index is 0.705. The second kappa shape index (κ2) is 4.93. The van der Waals surface area contributed by atoms with Crippen molar-refractivity contribution in [3.05, 3.63) is 48.3 Å². The summed E-state index contributed by atoms with van der Waals surface area (Å²) >= 11 is 0. The van der Waals surface area contributed by atoms with E-state index in [1.807, 2.05) is 31.2 Å². The van der Waals surface area contributed by atoms with E-state index >= 15 is 0 Å². The smallest absolute Gasteiger partial charge is 0.181 e. The molecule has 6 heteroatoms. The number of anilines is 1. The van der Waals surface area contributed by atoms with Crippen LogP contribution in [0.3, 0.4) is 0 Å². The maximum Gasteiger partial charge on any atom is 0.181 e. The zero-order chi connectivity index (χ0) is 13.1. The van der Waals surface area contributed by atoms with Crippen molar-refractivity contribution in [2.45, 2.75) is 13.5 Å². The number of aromatic amines is 2. The Bertz CT molecular complexity index is 655. The van der Waals surface area contributed by atoms with Crippen LogP contribution < -0.4 is 5.32 Å². The SMILES string of the molecule is Cc1nc(-c2cccc(NCc3cnc[nH]3)c2)n[nH]1. The van der Waals surface area contributed by atoms with Gasteiger partial charge in [0.05, 0.1) is 18.6 Å². The van der Waals surface area contributed by atoms with Crippen LogP contribution in [-0.2, 0) is 6.54 Å². The first-order chi connectivity index (χ1) is 9.31. The van der Waals surface area contributed by atoms with Crippen molar-refractivity contribution in [2.24, 2.45) is 0 Å². The third-order valence-corrected chi connectivity index (χ3v) is 2.76. The Hall–Kier alpha value is -2.63. The molecule has 3 N–H and O–H groups in total. The van der Waals surface area contributed by atoms with Gasteiger partial charge in [-0.1, -0.05) is 12.1 Å². The van der Waals surface area contributed by atoms with E-state index in [1.165, 1.54) is 0 Å². The topological polar surface area (TPSA) is 82.3 Å². The molecule has 0 spiro atoms. The van der Waals surface area contributed by atoms with Crippen molar-refractivity contribution in [3.8, 4) is 11.4 Å². The molecule has 0 fully saturated rings. The monoisotopic (exact) mass is 254 g/mol. The number of benzene rings is 1. The molecular weight excluding hydrogens is 240 g/mol. The molecule has 0 atom stereocenters. The molecule has 19 heavy (non-hydrogen) atoms. The van der Waals surface area contributed by atoms with E-state index < -0.39 is 0 Å². The van der Waals surface area contributed by atoms with Gasteiger partial charge in [0.25, 0.3) is 0 Å². The molecule has 3 rings (SSSR count). The summed E-state index contributed by atoms with van der Waals surface area (Å²) in [5.74, 6) is 1.52. The van der Waals surface area contributed by atoms with Crippen LogP contribution in [-0.4, -0.2) is 25.1 Å². The minimum absolute atomic E-state index is 0.705. The van der Waals surface area contributed by atoms with Gasteiger partial charge in [-0.05, 0) is 19.1 Å². The fourth-order valence-electron chi connectivity index (χ4n) is 1.82. The van der Waals surface area contributed by atoms with E-state index in [0.29, 0.717) is 12.4 Å². The summed E-state index contributed by atoms with van der Waals surface area (Å²) in [4.78, 5) is 11.4. The van der Waals surface area contributed by atoms with Crippen molar-refractivity contribution < 1.29 is 0 Å². The maximum atomic E-state index is 4.32. The lowest BCUT2D eigenvalue weighted by Crippen LogP contribution is -1.99. The average Bonchev–Trinajstić information content (AvgIpc) is 3.08. The number of rotatable bonds is 4. The zero-order valence-electron chi connectivity index (χ0n) is 10.5. The number of imidazole rings is 1. The van der Waals surface area contributed by atoms with Crippen molar-refractivity contribution in [1.82, 2.24) is 25.1 Å². The highest BCUT2D eigenvalue weighted by atomic mass is 15.2. The van der Waals surface area contributed by atoms with Crippen LogP contribution in [0, 0.1) is 6.92 Å². The fraction of sp³-hybridized carbons (Fsp3) is 0.154. The fourth-order valence-corrected chi connectivity index (χ4v) is 1.82. The number of hydrogen-bond donors (Lipinski definition) is 3. The molecule has 0 radical (unpaired) electrons. The summed E-state index contributed by atoms with van der Waals surface area (Å²) in [5.41, 5.74) is 3.05. The maximum absolute atomic E-state index is 4.32. The van der Waals surface area contributed by atoms with Crippen LogP contribution in [0.2, 0.25) is 0 Å². The minimum Gasteiger partial charge on any atom is -0.379 e. The van der Waals surface area contributed by atoms with Gasteiger partial charge in [-0.3, -0.25) is 5.10 Å². The summed E-state index contributed by atoms with van der Waals surface area (Å²) in [5, 5.41) is 10.3. The van der Waals surface area contributed by atoms with E-state index in [1.54, 1.807) is 12.5 Å². The number of aromatic nitrogens is 5. The molecule has 2 heterocycles. The third-order valence-electron chi connectivity index (χ3n) is 2.76. The van der Waals surface area contributed by atoms with Crippen LogP contribution in [0.15, 0.2) is 36.8 Å². The number of nitrogens with zero attached hydrogens (tertiary/aromatic N) is 3. The van der Waals surface area contributed by atoms with Crippen LogP contribution in [0.25, 0.3) is 11.4 Å². The molecule has 0 aliphatic carbocycles. The quantitative estimate of drug-likeness (QED) is 0.666. The Morgan fingerprint density at radius 2 is 2.26 bits per heavy atom. The highest BCUT2D eigenvalue weighted by Crippen LogP contribution is 2.19. The molecule has 6 nitrogen and oxygen atoms in total. The molecule has 0 bridgehead atoms. The molecule has 1 aromatic carbocycles. The van der Waals surface area contributed by atoms with Gasteiger partial charge in [0, 0.05) is 17.4 Å². The molecule has 0 unspecified atom stereocenters. The van der Waals surface area contributed by atoms with Crippen LogP contribution >= 0.6 is 0 Å². The van der Waals surface area contributed by atoms with Crippen molar-refractivity contribution in [2.75, 3.05) is 5.32 Å². The van der Waals surface area contributed by atoms with Crippen molar-refractivity contribution >= 4 is 5.69 Å². The Morgan fingerprint density at radius 3 is 3.00 bits per heavy atom. The standard InChI is InChI=1S/C13H14N6/c1-9-17-13(19-18-9)10-3-2-4-11(5-10)15-7-12-6-14-8-16-12/h2-6,8,15H,7H2,1H3,(H,14,16)(H,17,18,19). The summed E-state index contributed by atoms with van der Waals surface area (Å²) in [6.45, 7) is 2.59.